The van der Waals surface area contributed by atoms with Gasteiger partial charge in [0.15, 0.2) is 9.84 Å². The minimum Gasteiger partial charge on any atom is -0.380 e. The summed E-state index contributed by atoms with van der Waals surface area (Å²) in [5.74, 6) is -0.158. The molecule has 0 aliphatic heterocycles. The first kappa shape index (κ1) is 16.6. The molecule has 0 bridgehead atoms. The highest BCUT2D eigenvalue weighted by atomic mass is 32.2. The van der Waals surface area contributed by atoms with Crippen LogP contribution in [0.2, 0.25) is 0 Å². The average Bonchev–Trinajstić information content (AvgIpc) is 2.42. The fourth-order valence-electron chi connectivity index (χ4n) is 1.60. The zero-order chi connectivity index (χ0) is 15.2. The van der Waals surface area contributed by atoms with Gasteiger partial charge in [-0.15, -0.1) is 0 Å². The maximum Gasteiger partial charge on any atom is 0.222 e. The number of hydrogen-bond acceptors (Lipinski definition) is 5. The quantitative estimate of drug-likeness (QED) is 0.742. The van der Waals surface area contributed by atoms with Gasteiger partial charge < -0.3 is 15.8 Å². The second-order valence-electron chi connectivity index (χ2n) is 4.49. The Kier molecular flexibility index (Phi) is 6.12. The van der Waals surface area contributed by atoms with Gasteiger partial charge >= 0.3 is 0 Å². The number of hydrogen-bond donors (Lipinski definition) is 2. The molecule has 112 valence electrons. The van der Waals surface area contributed by atoms with Gasteiger partial charge in [-0.3, -0.25) is 4.79 Å². The highest BCUT2D eigenvalue weighted by Crippen LogP contribution is 2.10. The zero-order valence-corrected chi connectivity index (χ0v) is 12.4. The largest absolute Gasteiger partial charge is 0.380 e. The molecule has 1 atom stereocenters. The van der Waals surface area contributed by atoms with Crippen LogP contribution < -0.4 is 11.1 Å². The lowest BCUT2D eigenvalue weighted by Gasteiger charge is -2.12. The first-order valence-electron chi connectivity index (χ1n) is 6.15. The molecular weight excluding hydrogens is 280 g/mol. The third kappa shape index (κ3) is 5.28. The van der Waals surface area contributed by atoms with Gasteiger partial charge in [-0.2, -0.15) is 0 Å². The summed E-state index contributed by atoms with van der Waals surface area (Å²) in [7, 11) is -1.68. The Morgan fingerprint density at radius 1 is 1.35 bits per heavy atom. The van der Waals surface area contributed by atoms with E-state index in [9.17, 15) is 13.2 Å². The van der Waals surface area contributed by atoms with Crippen molar-refractivity contribution in [2.75, 3.05) is 19.9 Å². The van der Waals surface area contributed by atoms with E-state index >= 15 is 0 Å². The van der Waals surface area contributed by atoms with Crippen molar-refractivity contribution in [1.29, 1.82) is 0 Å². The van der Waals surface area contributed by atoms with E-state index in [1.807, 2.05) is 0 Å². The number of ether oxygens (including phenoxy) is 1. The topological polar surface area (TPSA) is 98.5 Å². The maximum atomic E-state index is 11.6. The van der Waals surface area contributed by atoms with Gasteiger partial charge in [0.05, 0.1) is 17.4 Å². The summed E-state index contributed by atoms with van der Waals surface area (Å²) in [6.07, 6.45) is 1.07. The van der Waals surface area contributed by atoms with Crippen LogP contribution in [-0.4, -0.2) is 40.3 Å². The van der Waals surface area contributed by atoms with Gasteiger partial charge in [0.1, 0.15) is 0 Å². The molecule has 0 fully saturated rings. The predicted octanol–water partition coefficient (Wildman–Crippen LogP) is 0.0701. The number of carbonyl (C=O) groups is 1. The Hall–Kier alpha value is -1.44. The van der Waals surface area contributed by atoms with Crippen LogP contribution in [-0.2, 0) is 25.9 Å². The maximum absolute atomic E-state index is 11.6. The number of sulfone groups is 1. The molecule has 20 heavy (non-hydrogen) atoms. The zero-order valence-electron chi connectivity index (χ0n) is 11.6. The number of benzene rings is 1. The molecule has 1 unspecified atom stereocenters. The normalized spacial score (nSPS) is 12.9. The second-order valence-corrected chi connectivity index (χ2v) is 6.51. The molecule has 0 radical (unpaired) electrons. The van der Waals surface area contributed by atoms with Gasteiger partial charge in [0.25, 0.3) is 0 Å². The van der Waals surface area contributed by atoms with Crippen molar-refractivity contribution in [1.82, 2.24) is 5.32 Å². The average molecular weight is 300 g/mol. The summed E-state index contributed by atoms with van der Waals surface area (Å²) in [6, 6.07) is 6.39. The molecule has 0 spiro atoms. The van der Waals surface area contributed by atoms with E-state index < -0.39 is 9.84 Å². The van der Waals surface area contributed by atoms with Crippen LogP contribution in [0.25, 0.3) is 0 Å². The Bertz CT molecular complexity index is 536. The van der Waals surface area contributed by atoms with E-state index in [2.05, 4.69) is 5.32 Å². The van der Waals surface area contributed by atoms with Crippen molar-refractivity contribution in [2.45, 2.75) is 24.0 Å². The molecule has 7 heteroatoms. The Labute approximate surface area is 119 Å². The van der Waals surface area contributed by atoms with Crippen molar-refractivity contribution in [3.63, 3.8) is 0 Å². The molecule has 0 aliphatic rings. The highest BCUT2D eigenvalue weighted by Gasteiger charge is 2.11. The van der Waals surface area contributed by atoms with Crippen molar-refractivity contribution in [3.05, 3.63) is 29.8 Å². The Morgan fingerprint density at radius 2 is 1.95 bits per heavy atom. The third-order valence-corrected chi connectivity index (χ3v) is 3.98. The molecule has 6 nitrogen and oxygen atoms in total. The van der Waals surface area contributed by atoms with Crippen molar-refractivity contribution in [3.8, 4) is 0 Å². The summed E-state index contributed by atoms with van der Waals surface area (Å²) in [5, 5.41) is 2.73. The van der Waals surface area contributed by atoms with Crippen LogP contribution in [0.1, 0.15) is 12.0 Å². The molecule has 0 saturated carbocycles. The number of amides is 1. The smallest absolute Gasteiger partial charge is 0.222 e. The van der Waals surface area contributed by atoms with Crippen molar-refractivity contribution < 1.29 is 17.9 Å². The van der Waals surface area contributed by atoms with E-state index in [0.29, 0.717) is 6.54 Å². The molecule has 1 rings (SSSR count). The molecule has 0 heterocycles. The Morgan fingerprint density at radius 3 is 2.40 bits per heavy atom. The molecule has 1 amide bonds. The fourth-order valence-corrected chi connectivity index (χ4v) is 2.23. The minimum atomic E-state index is -3.19. The summed E-state index contributed by atoms with van der Waals surface area (Å²) >= 11 is 0. The molecular formula is C13H20N2O4S. The van der Waals surface area contributed by atoms with Crippen LogP contribution in [0.15, 0.2) is 29.2 Å². The number of carbonyl (C=O) groups excluding carboxylic acids is 1. The molecule has 0 aromatic heterocycles. The van der Waals surface area contributed by atoms with Crippen LogP contribution in [0.5, 0.6) is 0 Å². The summed E-state index contributed by atoms with van der Waals surface area (Å²) in [5.41, 5.74) is 6.26. The van der Waals surface area contributed by atoms with Crippen LogP contribution in [0.4, 0.5) is 0 Å². The number of nitrogens with one attached hydrogen (secondary N) is 1. The monoisotopic (exact) mass is 300 g/mol. The lowest BCUT2D eigenvalue weighted by molar-refractivity contribution is -0.123. The predicted molar refractivity (Wildman–Crippen MR) is 75.9 cm³/mol. The molecule has 3 N–H and O–H groups in total. The van der Waals surface area contributed by atoms with Crippen molar-refractivity contribution in [2.24, 2.45) is 5.73 Å². The van der Waals surface area contributed by atoms with Gasteiger partial charge in [0.2, 0.25) is 5.91 Å². The van der Waals surface area contributed by atoms with E-state index in [1.165, 1.54) is 19.2 Å². The van der Waals surface area contributed by atoms with Gasteiger partial charge in [-0.1, -0.05) is 12.1 Å². The Balaban J connectivity index is 2.52. The third-order valence-electron chi connectivity index (χ3n) is 2.85. The summed E-state index contributed by atoms with van der Waals surface area (Å²) in [6.45, 7) is 0.622. The lowest BCUT2D eigenvalue weighted by atomic mass is 10.2. The first-order chi connectivity index (χ1) is 9.36. The lowest BCUT2D eigenvalue weighted by Crippen LogP contribution is -2.31. The van der Waals surface area contributed by atoms with Crippen LogP contribution in [0, 0.1) is 0 Å². The van der Waals surface area contributed by atoms with E-state index in [-0.39, 0.29) is 29.9 Å². The van der Waals surface area contributed by atoms with E-state index in [4.69, 9.17) is 10.5 Å². The van der Waals surface area contributed by atoms with E-state index in [1.54, 1.807) is 12.1 Å². The number of nitrogens with two attached hydrogens (primary N) is 1. The molecule has 0 saturated heterocycles. The van der Waals surface area contributed by atoms with E-state index in [0.717, 1.165) is 11.8 Å². The number of methoxy groups -OCH3 is 1. The summed E-state index contributed by atoms with van der Waals surface area (Å²) in [4.78, 5) is 11.9. The SMILES string of the molecule is COC(CN)CC(=O)NCc1ccc(S(C)(=O)=O)cc1. The summed E-state index contributed by atoms with van der Waals surface area (Å²) < 4.78 is 27.6. The second kappa shape index (κ2) is 7.37. The minimum absolute atomic E-state index is 0.158. The molecule has 0 aliphatic carbocycles. The first-order valence-corrected chi connectivity index (χ1v) is 8.04. The number of rotatable bonds is 7. The van der Waals surface area contributed by atoms with Gasteiger partial charge in [-0.25, -0.2) is 8.42 Å². The highest BCUT2D eigenvalue weighted by molar-refractivity contribution is 7.90. The van der Waals surface area contributed by atoms with Crippen LogP contribution >= 0.6 is 0 Å². The van der Waals surface area contributed by atoms with Crippen LogP contribution in [0.3, 0.4) is 0 Å². The molecule has 1 aromatic rings. The van der Waals surface area contributed by atoms with Gasteiger partial charge in [0, 0.05) is 26.5 Å². The standard InChI is InChI=1S/C13H20N2O4S/c1-19-11(8-14)7-13(16)15-9-10-3-5-12(6-4-10)20(2,17)18/h3-6,11H,7-9,14H2,1-2H3,(H,15,16). The molecule has 1 aromatic carbocycles. The van der Waals surface area contributed by atoms with Crippen molar-refractivity contribution >= 4 is 15.7 Å². The van der Waals surface area contributed by atoms with Gasteiger partial charge in [-0.05, 0) is 17.7 Å². The fraction of sp³-hybridized carbons (Fsp3) is 0.462.